The van der Waals surface area contributed by atoms with E-state index in [9.17, 15) is 4.79 Å². The van der Waals surface area contributed by atoms with Crippen molar-refractivity contribution in [3.8, 4) is 0 Å². The van der Waals surface area contributed by atoms with Crippen molar-refractivity contribution in [1.29, 1.82) is 0 Å². The minimum Gasteiger partial charge on any atom is -0.339 e. The predicted molar refractivity (Wildman–Crippen MR) is 55.8 cm³/mol. The van der Waals surface area contributed by atoms with Crippen molar-refractivity contribution >= 4 is 23.4 Å². The third kappa shape index (κ3) is 1.27. The molecule has 0 radical (unpaired) electrons. The SMILES string of the molecule is CCCn1c(=S)[nH]c2nc[nH]c2c1=O. The van der Waals surface area contributed by atoms with Gasteiger partial charge in [0.25, 0.3) is 5.56 Å². The molecule has 5 nitrogen and oxygen atoms in total. The number of fused-ring (bicyclic) bond motifs is 1. The molecular weight excluding hydrogens is 200 g/mol. The number of nitrogens with one attached hydrogen (secondary N) is 2. The quantitative estimate of drug-likeness (QED) is 0.732. The summed E-state index contributed by atoms with van der Waals surface area (Å²) in [6, 6.07) is 0. The third-order valence-electron chi connectivity index (χ3n) is 2.02. The maximum absolute atomic E-state index is 11.8. The van der Waals surface area contributed by atoms with E-state index in [0.29, 0.717) is 22.5 Å². The van der Waals surface area contributed by atoms with E-state index in [1.807, 2.05) is 6.92 Å². The number of H-pyrrole nitrogens is 2. The van der Waals surface area contributed by atoms with Crippen LogP contribution < -0.4 is 5.56 Å². The van der Waals surface area contributed by atoms with E-state index in [0.717, 1.165) is 6.42 Å². The smallest absolute Gasteiger partial charge is 0.280 e. The number of aromatic amines is 2. The average molecular weight is 210 g/mol. The summed E-state index contributed by atoms with van der Waals surface area (Å²) in [4.78, 5) is 21.4. The predicted octanol–water partition coefficient (Wildman–Crippen LogP) is 1.19. The highest BCUT2D eigenvalue weighted by Crippen LogP contribution is 1.99. The van der Waals surface area contributed by atoms with Gasteiger partial charge in [0.1, 0.15) is 5.52 Å². The van der Waals surface area contributed by atoms with Gasteiger partial charge in [-0.15, -0.1) is 0 Å². The standard InChI is InChI=1S/C8H10N4OS/c1-2-3-12-7(13)5-6(10-4-9-5)11-8(12)14/h4H,2-3H2,1H3,(H,9,10)(H,11,14). The summed E-state index contributed by atoms with van der Waals surface area (Å²) in [6.07, 6.45) is 2.35. The molecule has 0 saturated carbocycles. The molecule has 0 aliphatic rings. The van der Waals surface area contributed by atoms with Gasteiger partial charge in [-0.05, 0) is 18.6 Å². The molecule has 0 saturated heterocycles. The maximum Gasteiger partial charge on any atom is 0.280 e. The van der Waals surface area contributed by atoms with Crippen LogP contribution in [0.15, 0.2) is 11.1 Å². The molecule has 0 fully saturated rings. The lowest BCUT2D eigenvalue weighted by Crippen LogP contribution is -2.22. The first kappa shape index (κ1) is 9.14. The average Bonchev–Trinajstić information content (AvgIpc) is 2.60. The van der Waals surface area contributed by atoms with E-state index in [1.54, 1.807) is 0 Å². The Kier molecular flexibility index (Phi) is 2.20. The van der Waals surface area contributed by atoms with E-state index in [1.165, 1.54) is 10.9 Å². The molecule has 0 aromatic carbocycles. The number of imidazole rings is 1. The van der Waals surface area contributed by atoms with Crippen LogP contribution >= 0.6 is 12.2 Å². The van der Waals surface area contributed by atoms with E-state index >= 15 is 0 Å². The Morgan fingerprint density at radius 1 is 1.64 bits per heavy atom. The number of nitrogens with zero attached hydrogens (tertiary/aromatic N) is 2. The second-order valence-corrected chi connectivity index (χ2v) is 3.40. The fourth-order valence-electron chi connectivity index (χ4n) is 1.37. The lowest BCUT2D eigenvalue weighted by Gasteiger charge is -2.02. The zero-order valence-electron chi connectivity index (χ0n) is 7.70. The van der Waals surface area contributed by atoms with Crippen molar-refractivity contribution in [2.45, 2.75) is 19.9 Å². The fraction of sp³-hybridized carbons (Fsp3) is 0.375. The van der Waals surface area contributed by atoms with E-state index in [-0.39, 0.29) is 5.56 Å². The first-order valence-electron chi connectivity index (χ1n) is 4.40. The summed E-state index contributed by atoms with van der Waals surface area (Å²) in [5, 5.41) is 0. The van der Waals surface area contributed by atoms with Gasteiger partial charge in [-0.25, -0.2) is 4.98 Å². The molecule has 74 valence electrons. The van der Waals surface area contributed by atoms with Gasteiger partial charge in [0.2, 0.25) is 0 Å². The highest BCUT2D eigenvalue weighted by molar-refractivity contribution is 7.71. The van der Waals surface area contributed by atoms with Crippen LogP contribution in [0.2, 0.25) is 0 Å². The lowest BCUT2D eigenvalue weighted by atomic mass is 10.4. The molecule has 0 atom stereocenters. The largest absolute Gasteiger partial charge is 0.339 e. The molecule has 2 heterocycles. The molecule has 0 unspecified atom stereocenters. The summed E-state index contributed by atoms with van der Waals surface area (Å²) in [6.45, 7) is 2.63. The van der Waals surface area contributed by atoms with Crippen molar-refractivity contribution in [1.82, 2.24) is 19.5 Å². The van der Waals surface area contributed by atoms with E-state index in [4.69, 9.17) is 12.2 Å². The minimum absolute atomic E-state index is 0.108. The highest BCUT2D eigenvalue weighted by Gasteiger charge is 2.05. The molecule has 14 heavy (non-hydrogen) atoms. The minimum atomic E-state index is -0.108. The molecule has 0 spiro atoms. The van der Waals surface area contributed by atoms with Crippen molar-refractivity contribution in [2.24, 2.45) is 0 Å². The monoisotopic (exact) mass is 210 g/mol. The second-order valence-electron chi connectivity index (χ2n) is 3.01. The zero-order valence-corrected chi connectivity index (χ0v) is 8.52. The molecule has 2 N–H and O–H groups in total. The molecular formula is C8H10N4OS. The van der Waals surface area contributed by atoms with E-state index in [2.05, 4.69) is 15.0 Å². The van der Waals surface area contributed by atoms with Crippen LogP contribution in [-0.2, 0) is 6.54 Å². The molecule has 2 aromatic heterocycles. The van der Waals surface area contributed by atoms with Crippen LogP contribution in [-0.4, -0.2) is 19.5 Å². The Hall–Kier alpha value is -1.43. The molecule has 0 aliphatic heterocycles. The summed E-state index contributed by atoms with van der Waals surface area (Å²) < 4.78 is 1.96. The summed E-state index contributed by atoms with van der Waals surface area (Å²) in [7, 11) is 0. The molecule has 6 heteroatoms. The Morgan fingerprint density at radius 3 is 3.14 bits per heavy atom. The number of rotatable bonds is 2. The molecule has 2 aromatic rings. The Bertz CT molecular complexity index is 564. The van der Waals surface area contributed by atoms with Crippen molar-refractivity contribution < 1.29 is 0 Å². The van der Waals surface area contributed by atoms with Crippen LogP contribution in [0.3, 0.4) is 0 Å². The zero-order chi connectivity index (χ0) is 10.1. The third-order valence-corrected chi connectivity index (χ3v) is 2.34. The van der Waals surface area contributed by atoms with Crippen LogP contribution in [0.1, 0.15) is 13.3 Å². The van der Waals surface area contributed by atoms with Crippen LogP contribution in [0.25, 0.3) is 11.2 Å². The number of hydrogen-bond acceptors (Lipinski definition) is 3. The van der Waals surface area contributed by atoms with Crippen LogP contribution in [0, 0.1) is 4.77 Å². The van der Waals surface area contributed by atoms with E-state index < -0.39 is 0 Å². The fourth-order valence-corrected chi connectivity index (χ4v) is 1.65. The molecule has 0 amide bonds. The second kappa shape index (κ2) is 3.38. The van der Waals surface area contributed by atoms with Gasteiger partial charge in [-0.1, -0.05) is 6.92 Å². The molecule has 0 aliphatic carbocycles. The highest BCUT2D eigenvalue weighted by atomic mass is 32.1. The first-order valence-corrected chi connectivity index (χ1v) is 4.81. The molecule has 2 rings (SSSR count). The lowest BCUT2D eigenvalue weighted by molar-refractivity contribution is 0.637. The van der Waals surface area contributed by atoms with Gasteiger partial charge >= 0.3 is 0 Å². The van der Waals surface area contributed by atoms with Gasteiger partial charge in [0.05, 0.1) is 6.33 Å². The van der Waals surface area contributed by atoms with Crippen LogP contribution in [0.5, 0.6) is 0 Å². The summed E-state index contributed by atoms with van der Waals surface area (Å²) >= 11 is 5.05. The normalized spacial score (nSPS) is 10.9. The Labute approximate surface area is 84.8 Å². The number of hydrogen-bond donors (Lipinski definition) is 2. The van der Waals surface area contributed by atoms with Gasteiger partial charge < -0.3 is 9.97 Å². The van der Waals surface area contributed by atoms with Gasteiger partial charge in [0, 0.05) is 6.54 Å². The van der Waals surface area contributed by atoms with Crippen LogP contribution in [0.4, 0.5) is 0 Å². The number of aromatic nitrogens is 4. The Balaban J connectivity index is 2.83. The van der Waals surface area contributed by atoms with Gasteiger partial charge in [-0.3, -0.25) is 9.36 Å². The van der Waals surface area contributed by atoms with Crippen molar-refractivity contribution in [3.63, 3.8) is 0 Å². The maximum atomic E-state index is 11.8. The molecule has 0 bridgehead atoms. The van der Waals surface area contributed by atoms with Crippen molar-refractivity contribution in [3.05, 3.63) is 21.5 Å². The van der Waals surface area contributed by atoms with Gasteiger partial charge in [0.15, 0.2) is 10.4 Å². The summed E-state index contributed by atoms with van der Waals surface area (Å²) in [5.74, 6) is 0. The first-order chi connectivity index (χ1) is 6.74. The Morgan fingerprint density at radius 2 is 2.43 bits per heavy atom. The topological polar surface area (TPSA) is 66.5 Å². The summed E-state index contributed by atoms with van der Waals surface area (Å²) in [5.41, 5.74) is 0.891. The van der Waals surface area contributed by atoms with Crippen molar-refractivity contribution in [2.75, 3.05) is 0 Å². The van der Waals surface area contributed by atoms with Gasteiger partial charge in [-0.2, -0.15) is 0 Å².